The molecule has 1 aliphatic rings. The second kappa shape index (κ2) is 4.21. The van der Waals surface area contributed by atoms with Crippen LogP contribution in [0.3, 0.4) is 0 Å². The van der Waals surface area contributed by atoms with Crippen molar-refractivity contribution in [2.45, 2.75) is 12.0 Å². The number of hydrogen-bond donors (Lipinski definition) is 1. The number of rotatable bonds is 1. The van der Waals surface area contributed by atoms with Gasteiger partial charge in [-0.2, -0.15) is 0 Å². The lowest BCUT2D eigenvalue weighted by Crippen LogP contribution is -2.49. The molecule has 0 aliphatic carbocycles. The largest absolute Gasteiger partial charge is 0.443 e. The van der Waals surface area contributed by atoms with Crippen molar-refractivity contribution in [2.24, 2.45) is 0 Å². The molecule has 17 heavy (non-hydrogen) atoms. The monoisotopic (exact) mass is 309 g/mol. The Bertz CT molecular complexity index is 467. The van der Waals surface area contributed by atoms with Crippen LogP contribution in [0.25, 0.3) is 0 Å². The van der Waals surface area contributed by atoms with Crippen LogP contribution in [0.1, 0.15) is 11.6 Å². The minimum absolute atomic E-state index is 0.269. The van der Waals surface area contributed by atoms with E-state index in [0.29, 0.717) is 4.47 Å². The standard InChI is InChI=1S/C10H7BrF3NO2/c11-5-1-2-6(7(12)3-5)8-10(13,14)4-17-9(16)15-8/h1-3,8H,4H2,(H,15,16)/t8-/m0/s1. The van der Waals surface area contributed by atoms with Crippen molar-refractivity contribution in [2.75, 3.05) is 6.61 Å². The highest BCUT2D eigenvalue weighted by Crippen LogP contribution is 2.36. The normalized spacial score (nSPS) is 22.8. The summed E-state index contributed by atoms with van der Waals surface area (Å²) in [6, 6.07) is 1.98. The molecule has 7 heteroatoms. The van der Waals surface area contributed by atoms with Crippen LogP contribution in [0.5, 0.6) is 0 Å². The SMILES string of the molecule is O=C1N[C@@H](c2ccc(Br)cc2F)C(F)(F)CO1. The molecule has 0 aromatic heterocycles. The van der Waals surface area contributed by atoms with Crippen LogP contribution >= 0.6 is 15.9 Å². The number of amides is 1. The van der Waals surface area contributed by atoms with E-state index in [-0.39, 0.29) is 5.56 Å². The van der Waals surface area contributed by atoms with Crippen molar-refractivity contribution in [1.29, 1.82) is 0 Å². The fraction of sp³-hybridized carbons (Fsp3) is 0.300. The average Bonchev–Trinajstić information content (AvgIpc) is 2.23. The summed E-state index contributed by atoms with van der Waals surface area (Å²) >= 11 is 3.02. The number of nitrogens with one attached hydrogen (secondary N) is 1. The molecule has 1 amide bonds. The van der Waals surface area contributed by atoms with Gasteiger partial charge in [-0.3, -0.25) is 0 Å². The van der Waals surface area contributed by atoms with Gasteiger partial charge in [0.1, 0.15) is 11.9 Å². The molecule has 2 rings (SSSR count). The van der Waals surface area contributed by atoms with Gasteiger partial charge in [0, 0.05) is 10.0 Å². The number of benzene rings is 1. The van der Waals surface area contributed by atoms with Gasteiger partial charge in [-0.05, 0) is 12.1 Å². The Balaban J connectivity index is 2.39. The van der Waals surface area contributed by atoms with Gasteiger partial charge in [-0.1, -0.05) is 22.0 Å². The van der Waals surface area contributed by atoms with Gasteiger partial charge in [0.05, 0.1) is 0 Å². The number of carbonyl (C=O) groups excluding carboxylic acids is 1. The number of alkyl halides is 2. The summed E-state index contributed by atoms with van der Waals surface area (Å²) in [7, 11) is 0. The molecule has 1 N–H and O–H groups in total. The van der Waals surface area contributed by atoms with Crippen LogP contribution in [-0.4, -0.2) is 18.6 Å². The molecule has 92 valence electrons. The minimum Gasteiger partial charge on any atom is -0.443 e. The molecule has 0 radical (unpaired) electrons. The molecule has 0 spiro atoms. The predicted molar refractivity (Wildman–Crippen MR) is 56.3 cm³/mol. The van der Waals surface area contributed by atoms with Gasteiger partial charge in [-0.15, -0.1) is 0 Å². The van der Waals surface area contributed by atoms with E-state index in [2.05, 4.69) is 20.7 Å². The lowest BCUT2D eigenvalue weighted by Gasteiger charge is -2.31. The van der Waals surface area contributed by atoms with E-state index in [1.54, 1.807) is 0 Å². The van der Waals surface area contributed by atoms with Gasteiger partial charge >= 0.3 is 12.0 Å². The summed E-state index contributed by atoms with van der Waals surface area (Å²) in [5.41, 5.74) is -0.269. The van der Waals surface area contributed by atoms with E-state index in [4.69, 9.17) is 0 Å². The molecule has 0 saturated carbocycles. The molecule has 0 unspecified atom stereocenters. The first-order valence-electron chi connectivity index (χ1n) is 4.66. The summed E-state index contributed by atoms with van der Waals surface area (Å²) in [5, 5.41) is 1.92. The molecule has 1 aliphatic heterocycles. The highest BCUT2D eigenvalue weighted by Gasteiger charge is 2.47. The number of halogens is 4. The van der Waals surface area contributed by atoms with Crippen LogP contribution < -0.4 is 5.32 Å². The zero-order valence-electron chi connectivity index (χ0n) is 8.34. The van der Waals surface area contributed by atoms with Crippen LogP contribution in [0.15, 0.2) is 22.7 Å². The number of carbonyl (C=O) groups is 1. The van der Waals surface area contributed by atoms with E-state index in [9.17, 15) is 18.0 Å². The molecule has 1 saturated heterocycles. The Labute approximate surface area is 103 Å². The number of alkyl carbamates (subject to hydrolysis) is 1. The number of ether oxygens (including phenoxy) is 1. The van der Waals surface area contributed by atoms with E-state index in [1.165, 1.54) is 12.1 Å². The second-order valence-corrected chi connectivity index (χ2v) is 4.50. The third-order valence-electron chi connectivity index (χ3n) is 2.35. The first-order chi connectivity index (χ1) is 7.90. The van der Waals surface area contributed by atoms with Crippen molar-refractivity contribution >= 4 is 22.0 Å². The predicted octanol–water partition coefficient (Wildman–Crippen LogP) is 3.00. The summed E-state index contributed by atoms with van der Waals surface area (Å²) in [4.78, 5) is 10.9. The smallest absolute Gasteiger partial charge is 0.408 e. The summed E-state index contributed by atoms with van der Waals surface area (Å²) in [6.07, 6.45) is -0.983. The van der Waals surface area contributed by atoms with E-state index in [1.807, 2.05) is 5.32 Å². The quantitative estimate of drug-likeness (QED) is 0.866. The van der Waals surface area contributed by atoms with Crippen LogP contribution in [-0.2, 0) is 4.74 Å². The van der Waals surface area contributed by atoms with Gasteiger partial charge in [0.2, 0.25) is 0 Å². The van der Waals surface area contributed by atoms with Crippen LogP contribution in [0.2, 0.25) is 0 Å². The minimum atomic E-state index is -3.34. The van der Waals surface area contributed by atoms with Crippen molar-refractivity contribution in [3.8, 4) is 0 Å². The molecular weight excluding hydrogens is 303 g/mol. The van der Waals surface area contributed by atoms with Crippen molar-refractivity contribution in [3.05, 3.63) is 34.1 Å². The third-order valence-corrected chi connectivity index (χ3v) is 2.85. The molecule has 1 heterocycles. The van der Waals surface area contributed by atoms with Crippen molar-refractivity contribution in [3.63, 3.8) is 0 Å². The maximum absolute atomic E-state index is 13.5. The van der Waals surface area contributed by atoms with E-state index >= 15 is 0 Å². The Morgan fingerprint density at radius 2 is 2.18 bits per heavy atom. The first kappa shape index (κ1) is 12.2. The lowest BCUT2D eigenvalue weighted by atomic mass is 10.00. The van der Waals surface area contributed by atoms with E-state index < -0.39 is 30.5 Å². The highest BCUT2D eigenvalue weighted by molar-refractivity contribution is 9.10. The maximum atomic E-state index is 13.5. The number of cyclic esters (lactones) is 1. The molecular formula is C10H7BrF3NO2. The third kappa shape index (κ3) is 2.38. The van der Waals surface area contributed by atoms with Gasteiger partial charge in [-0.25, -0.2) is 18.0 Å². The first-order valence-corrected chi connectivity index (χ1v) is 5.45. The fourth-order valence-electron chi connectivity index (χ4n) is 1.55. The van der Waals surface area contributed by atoms with Crippen molar-refractivity contribution < 1.29 is 22.7 Å². The van der Waals surface area contributed by atoms with Crippen LogP contribution in [0, 0.1) is 5.82 Å². The van der Waals surface area contributed by atoms with Gasteiger partial charge < -0.3 is 10.1 Å². The van der Waals surface area contributed by atoms with Gasteiger partial charge in [0.15, 0.2) is 6.61 Å². The molecule has 1 fully saturated rings. The zero-order valence-corrected chi connectivity index (χ0v) is 9.93. The Morgan fingerprint density at radius 3 is 2.82 bits per heavy atom. The lowest BCUT2D eigenvalue weighted by molar-refractivity contribution is -0.105. The Hall–Kier alpha value is -1.24. The fourth-order valence-corrected chi connectivity index (χ4v) is 1.88. The molecule has 3 nitrogen and oxygen atoms in total. The molecule has 0 bridgehead atoms. The molecule has 1 atom stereocenters. The Morgan fingerprint density at radius 1 is 1.47 bits per heavy atom. The maximum Gasteiger partial charge on any atom is 0.408 e. The molecule has 1 aromatic rings. The molecule has 1 aromatic carbocycles. The average molecular weight is 310 g/mol. The summed E-state index contributed by atoms with van der Waals surface area (Å²) in [5.74, 6) is -4.16. The van der Waals surface area contributed by atoms with Crippen molar-refractivity contribution in [1.82, 2.24) is 5.32 Å². The number of hydrogen-bond acceptors (Lipinski definition) is 2. The summed E-state index contributed by atoms with van der Waals surface area (Å²) < 4.78 is 45.1. The highest BCUT2D eigenvalue weighted by atomic mass is 79.9. The zero-order chi connectivity index (χ0) is 12.6. The Kier molecular flexibility index (Phi) is 3.03. The second-order valence-electron chi connectivity index (χ2n) is 3.58. The van der Waals surface area contributed by atoms with E-state index in [0.717, 1.165) is 6.07 Å². The van der Waals surface area contributed by atoms with Gasteiger partial charge in [0.25, 0.3) is 0 Å². The summed E-state index contributed by atoms with van der Waals surface area (Å²) in [6.45, 7) is -1.06. The topological polar surface area (TPSA) is 38.3 Å². The van der Waals surface area contributed by atoms with Crippen LogP contribution in [0.4, 0.5) is 18.0 Å².